The Kier molecular flexibility index (Phi) is 9.73. The first-order chi connectivity index (χ1) is 9.41. The van der Waals surface area contributed by atoms with Gasteiger partial charge in [0.15, 0.2) is 0 Å². The Bertz CT molecular complexity index is 342. The van der Waals surface area contributed by atoms with Gasteiger partial charge in [-0.2, -0.15) is 0 Å². The second kappa shape index (κ2) is 10.4. The summed E-state index contributed by atoms with van der Waals surface area (Å²) in [5.41, 5.74) is 1.69. The summed E-state index contributed by atoms with van der Waals surface area (Å²) in [7, 11) is 0. The predicted octanol–water partition coefficient (Wildman–Crippen LogP) is 3.96. The van der Waals surface area contributed by atoms with E-state index in [1.807, 2.05) is 13.8 Å². The molecule has 0 N–H and O–H groups in total. The highest BCUT2D eigenvalue weighted by atomic mass is 16.6. The van der Waals surface area contributed by atoms with Crippen LogP contribution in [-0.4, -0.2) is 25.8 Å². The zero-order valence-corrected chi connectivity index (χ0v) is 13.4. The lowest BCUT2D eigenvalue weighted by atomic mass is 9.87. The molecular weight excluding hydrogens is 252 g/mol. The fourth-order valence-corrected chi connectivity index (χ4v) is 1.38. The monoisotopic (exact) mass is 280 g/mol. The minimum atomic E-state index is -0.274. The van der Waals surface area contributed by atoms with Crippen molar-refractivity contribution in [3.8, 4) is 0 Å². The summed E-state index contributed by atoms with van der Waals surface area (Å²) in [4.78, 5) is 10.6. The largest absolute Gasteiger partial charge is 0.464 e. The number of hydrogen-bond donors (Lipinski definition) is 0. The van der Waals surface area contributed by atoms with Gasteiger partial charge in [-0.15, -0.1) is 0 Å². The van der Waals surface area contributed by atoms with Crippen molar-refractivity contribution in [3.05, 3.63) is 35.9 Å². The quantitative estimate of drug-likeness (QED) is 0.766. The topological polar surface area (TPSA) is 35.5 Å². The molecule has 0 unspecified atom stereocenters. The molecule has 114 valence electrons. The fraction of sp³-hybridized carbons (Fsp3) is 0.588. The second-order valence-electron chi connectivity index (χ2n) is 5.47. The van der Waals surface area contributed by atoms with Gasteiger partial charge in [0.2, 0.25) is 0 Å². The lowest BCUT2D eigenvalue weighted by molar-refractivity contribution is -0.148. The van der Waals surface area contributed by atoms with Crippen molar-refractivity contribution in [1.82, 2.24) is 0 Å². The minimum Gasteiger partial charge on any atom is -0.464 e. The Morgan fingerprint density at radius 3 is 2.10 bits per heavy atom. The molecule has 0 atom stereocenters. The number of hydrogen-bond acceptors (Lipinski definition) is 3. The van der Waals surface area contributed by atoms with Crippen molar-refractivity contribution in [1.29, 1.82) is 0 Å². The first-order valence-corrected chi connectivity index (χ1v) is 7.20. The average Bonchev–Trinajstić information content (AvgIpc) is 2.43. The summed E-state index contributed by atoms with van der Waals surface area (Å²) >= 11 is 0. The summed E-state index contributed by atoms with van der Waals surface area (Å²) in [6, 6.07) is 10.6. The molecule has 0 saturated carbocycles. The van der Waals surface area contributed by atoms with E-state index in [4.69, 9.17) is 9.47 Å². The summed E-state index contributed by atoms with van der Waals surface area (Å²) in [5, 5.41) is 0. The molecule has 1 aromatic rings. The third-order valence-electron chi connectivity index (χ3n) is 2.53. The van der Waals surface area contributed by atoms with E-state index in [0.29, 0.717) is 18.6 Å². The first kappa shape index (κ1) is 18.7. The van der Waals surface area contributed by atoms with Gasteiger partial charge in [0.05, 0.1) is 6.61 Å². The van der Waals surface area contributed by atoms with Gasteiger partial charge < -0.3 is 9.47 Å². The summed E-state index contributed by atoms with van der Waals surface area (Å²) in [6.45, 7) is 11.6. The highest BCUT2D eigenvalue weighted by Gasteiger charge is 2.11. The standard InChI is InChI=1S/C10H14.C7H14O3/c1-10(2,3)9-7-5-4-6-8-9;1-3-5-10-7(8)6-9-4-2/h4-8H,1-3H3;3-6H2,1-2H3. The van der Waals surface area contributed by atoms with Crippen LogP contribution >= 0.6 is 0 Å². The molecule has 0 aliphatic carbocycles. The maximum atomic E-state index is 10.6. The maximum Gasteiger partial charge on any atom is 0.332 e. The van der Waals surface area contributed by atoms with Crippen LogP contribution in [0.4, 0.5) is 0 Å². The number of ether oxygens (including phenoxy) is 2. The Morgan fingerprint density at radius 2 is 1.70 bits per heavy atom. The number of esters is 1. The van der Waals surface area contributed by atoms with E-state index >= 15 is 0 Å². The molecule has 0 heterocycles. The van der Waals surface area contributed by atoms with Crippen LogP contribution in [0.25, 0.3) is 0 Å². The van der Waals surface area contributed by atoms with Crippen LogP contribution in [0.2, 0.25) is 0 Å². The van der Waals surface area contributed by atoms with Crippen LogP contribution in [0.3, 0.4) is 0 Å². The van der Waals surface area contributed by atoms with Crippen molar-refractivity contribution in [2.24, 2.45) is 0 Å². The Morgan fingerprint density at radius 1 is 1.10 bits per heavy atom. The number of carbonyl (C=O) groups excluding carboxylic acids is 1. The van der Waals surface area contributed by atoms with Gasteiger partial charge in [-0.05, 0) is 24.3 Å². The highest BCUT2D eigenvalue weighted by Crippen LogP contribution is 2.20. The third-order valence-corrected chi connectivity index (χ3v) is 2.53. The smallest absolute Gasteiger partial charge is 0.332 e. The zero-order valence-electron chi connectivity index (χ0n) is 13.4. The van der Waals surface area contributed by atoms with E-state index in [-0.39, 0.29) is 12.6 Å². The van der Waals surface area contributed by atoms with E-state index < -0.39 is 0 Å². The normalized spacial score (nSPS) is 10.4. The van der Waals surface area contributed by atoms with Crippen molar-refractivity contribution in [3.63, 3.8) is 0 Å². The SMILES string of the molecule is CC(C)(C)c1ccccc1.CCCOC(=O)COCC. The van der Waals surface area contributed by atoms with Gasteiger partial charge in [0.1, 0.15) is 6.61 Å². The number of rotatable bonds is 5. The third kappa shape index (κ3) is 9.56. The fourth-order valence-electron chi connectivity index (χ4n) is 1.38. The first-order valence-electron chi connectivity index (χ1n) is 7.20. The Hall–Kier alpha value is -1.35. The van der Waals surface area contributed by atoms with Crippen LogP contribution in [0.1, 0.15) is 46.6 Å². The number of carbonyl (C=O) groups is 1. The Labute approximate surface area is 123 Å². The Balaban J connectivity index is 0.000000361. The molecule has 0 saturated heterocycles. The molecule has 3 nitrogen and oxygen atoms in total. The van der Waals surface area contributed by atoms with Gasteiger partial charge in [-0.3, -0.25) is 0 Å². The molecule has 0 spiro atoms. The van der Waals surface area contributed by atoms with E-state index in [1.54, 1.807) is 0 Å². The maximum absolute atomic E-state index is 10.6. The zero-order chi connectivity index (χ0) is 15.4. The second-order valence-corrected chi connectivity index (χ2v) is 5.47. The lowest BCUT2D eigenvalue weighted by Gasteiger charge is -2.18. The van der Waals surface area contributed by atoms with Gasteiger partial charge in [-0.1, -0.05) is 58.0 Å². The van der Waals surface area contributed by atoms with E-state index in [0.717, 1.165) is 6.42 Å². The van der Waals surface area contributed by atoms with Crippen molar-refractivity contribution in [2.75, 3.05) is 19.8 Å². The molecular formula is C17H28O3. The predicted molar refractivity (Wildman–Crippen MR) is 82.9 cm³/mol. The van der Waals surface area contributed by atoms with Crippen LogP contribution in [0.15, 0.2) is 30.3 Å². The molecule has 3 heteroatoms. The summed E-state index contributed by atoms with van der Waals surface area (Å²) < 4.78 is 9.55. The molecule has 0 bridgehead atoms. The summed E-state index contributed by atoms with van der Waals surface area (Å²) in [6.07, 6.45) is 0.859. The minimum absolute atomic E-state index is 0.0799. The van der Waals surface area contributed by atoms with Gasteiger partial charge in [0.25, 0.3) is 0 Å². The van der Waals surface area contributed by atoms with Gasteiger partial charge in [0, 0.05) is 6.61 Å². The molecule has 1 rings (SSSR count). The molecule has 1 aromatic carbocycles. The van der Waals surface area contributed by atoms with E-state index in [9.17, 15) is 4.79 Å². The van der Waals surface area contributed by atoms with Crippen LogP contribution in [0.5, 0.6) is 0 Å². The molecule has 0 aromatic heterocycles. The van der Waals surface area contributed by atoms with Crippen molar-refractivity contribution < 1.29 is 14.3 Å². The van der Waals surface area contributed by atoms with Gasteiger partial charge >= 0.3 is 5.97 Å². The molecule has 20 heavy (non-hydrogen) atoms. The molecule has 0 aliphatic heterocycles. The van der Waals surface area contributed by atoms with Crippen molar-refractivity contribution in [2.45, 2.75) is 46.5 Å². The van der Waals surface area contributed by atoms with E-state index in [2.05, 4.69) is 51.1 Å². The molecule has 0 aliphatic rings. The van der Waals surface area contributed by atoms with E-state index in [1.165, 1.54) is 5.56 Å². The van der Waals surface area contributed by atoms with Crippen LogP contribution in [0, 0.1) is 0 Å². The number of benzene rings is 1. The molecule has 0 amide bonds. The van der Waals surface area contributed by atoms with Crippen LogP contribution in [-0.2, 0) is 19.7 Å². The summed E-state index contributed by atoms with van der Waals surface area (Å²) in [5.74, 6) is -0.274. The highest BCUT2D eigenvalue weighted by molar-refractivity contribution is 5.70. The van der Waals surface area contributed by atoms with Crippen LogP contribution < -0.4 is 0 Å². The average molecular weight is 280 g/mol. The lowest BCUT2D eigenvalue weighted by Crippen LogP contribution is -2.12. The van der Waals surface area contributed by atoms with Gasteiger partial charge in [-0.25, -0.2) is 4.79 Å². The molecule has 0 radical (unpaired) electrons. The molecule has 0 fully saturated rings. The van der Waals surface area contributed by atoms with Crippen molar-refractivity contribution >= 4 is 5.97 Å².